The second kappa shape index (κ2) is 6.74. The molecule has 0 aromatic heterocycles. The molecule has 5 nitrogen and oxygen atoms in total. The summed E-state index contributed by atoms with van der Waals surface area (Å²) in [7, 11) is 0. The average molecular weight is 487 g/mol. The van der Waals surface area contributed by atoms with Crippen molar-refractivity contribution in [3.8, 4) is 0 Å². The van der Waals surface area contributed by atoms with Gasteiger partial charge in [0.25, 0.3) is 0 Å². The van der Waals surface area contributed by atoms with Crippen LogP contribution in [0.1, 0.15) is 93.4 Å². The van der Waals surface area contributed by atoms with E-state index in [9.17, 15) is 20.1 Å². The molecule has 5 fully saturated rings. The van der Waals surface area contributed by atoms with E-state index in [2.05, 4.69) is 54.5 Å². The van der Waals surface area contributed by atoms with Gasteiger partial charge in [-0.1, -0.05) is 60.1 Å². The van der Waals surface area contributed by atoms with Crippen LogP contribution in [0, 0.1) is 50.2 Å². The van der Waals surface area contributed by atoms with Crippen LogP contribution < -0.4 is 0 Å². The number of carbonyl (C=O) groups excluding carboxylic acids is 1. The van der Waals surface area contributed by atoms with Gasteiger partial charge < -0.3 is 20.1 Å². The highest BCUT2D eigenvalue weighted by Gasteiger charge is 2.75. The maximum atomic E-state index is 13.4. The van der Waals surface area contributed by atoms with Gasteiger partial charge in [-0.2, -0.15) is 0 Å². The van der Waals surface area contributed by atoms with Crippen LogP contribution in [0.2, 0.25) is 0 Å². The van der Waals surface area contributed by atoms with Crippen LogP contribution in [0.3, 0.4) is 0 Å². The molecule has 1 aliphatic heterocycles. The first-order chi connectivity index (χ1) is 16.1. The Balaban J connectivity index is 1.49. The molecule has 0 amide bonds. The Labute approximate surface area is 210 Å². The Morgan fingerprint density at radius 3 is 2.26 bits per heavy atom. The van der Waals surface area contributed by atoms with Crippen LogP contribution in [0.5, 0.6) is 0 Å². The van der Waals surface area contributed by atoms with E-state index >= 15 is 0 Å². The second-order valence-corrected chi connectivity index (χ2v) is 15.3. The first-order valence-corrected chi connectivity index (χ1v) is 14.0. The van der Waals surface area contributed by atoms with Crippen molar-refractivity contribution in [3.63, 3.8) is 0 Å². The number of aliphatic hydroxyl groups excluding tert-OH is 3. The van der Waals surface area contributed by atoms with Gasteiger partial charge in [0, 0.05) is 23.7 Å². The lowest BCUT2D eigenvalue weighted by Gasteiger charge is -2.72. The zero-order valence-electron chi connectivity index (χ0n) is 22.7. The summed E-state index contributed by atoms with van der Waals surface area (Å²) in [6, 6.07) is 0. The molecule has 0 radical (unpaired) electrons. The molecule has 0 aromatic carbocycles. The summed E-state index contributed by atoms with van der Waals surface area (Å²) < 4.78 is 5.93. The minimum atomic E-state index is -0.799. The molecule has 3 N–H and O–H groups in total. The predicted octanol–water partition coefficient (Wildman–Crippen LogP) is 4.63. The number of rotatable bonds is 0. The topological polar surface area (TPSA) is 87.0 Å². The fourth-order valence-corrected chi connectivity index (χ4v) is 11.0. The molecular weight excluding hydrogens is 440 g/mol. The van der Waals surface area contributed by atoms with Gasteiger partial charge >= 0.3 is 5.97 Å². The summed E-state index contributed by atoms with van der Waals surface area (Å²) in [4.78, 5) is 13.4. The highest BCUT2D eigenvalue weighted by molar-refractivity contribution is 5.82. The van der Waals surface area contributed by atoms with Crippen LogP contribution in [0.15, 0.2) is 11.6 Å². The lowest BCUT2D eigenvalue weighted by atomic mass is 9.33. The van der Waals surface area contributed by atoms with Gasteiger partial charge in [0.2, 0.25) is 0 Å². The van der Waals surface area contributed by atoms with Crippen LogP contribution in [-0.4, -0.2) is 45.7 Å². The summed E-state index contributed by atoms with van der Waals surface area (Å²) >= 11 is 0. The molecule has 5 aliphatic carbocycles. The minimum absolute atomic E-state index is 0.00958. The molecule has 2 unspecified atom stereocenters. The van der Waals surface area contributed by atoms with E-state index in [-0.39, 0.29) is 56.9 Å². The summed E-state index contributed by atoms with van der Waals surface area (Å²) in [6.45, 7) is 15.8. The van der Waals surface area contributed by atoms with Crippen molar-refractivity contribution in [2.45, 2.75) is 118 Å². The molecule has 1 heterocycles. The molecule has 35 heavy (non-hydrogen) atoms. The number of hydrogen-bond donors (Lipinski definition) is 3. The van der Waals surface area contributed by atoms with E-state index in [4.69, 9.17) is 4.74 Å². The number of hydrogen-bond acceptors (Lipinski definition) is 5. The van der Waals surface area contributed by atoms with Crippen molar-refractivity contribution in [2.75, 3.05) is 0 Å². The molecule has 0 aromatic rings. The standard InChI is InChI=1S/C30H46O5/c1-25(2)13-17-16-8-9-19-27(5,11-10-18-26(3,4)20(31)12-21(32)29(18,19)7)28(16,6)14-22(33)30(17)15-23(25)35-24(30)34/h8,17-23,31-33H,9-15H2,1-7H3/t17?,18-,19?,20-,21+,22+,23-,27+,28+,29-,30+/m0/s1. The van der Waals surface area contributed by atoms with E-state index in [1.54, 1.807) is 0 Å². The predicted molar refractivity (Wildman–Crippen MR) is 133 cm³/mol. The lowest BCUT2D eigenvalue weighted by molar-refractivity contribution is -0.247. The van der Waals surface area contributed by atoms with Gasteiger partial charge in [-0.25, -0.2) is 0 Å². The van der Waals surface area contributed by atoms with Crippen LogP contribution in [0.4, 0.5) is 0 Å². The lowest BCUT2D eigenvalue weighted by Crippen LogP contribution is -2.69. The summed E-state index contributed by atoms with van der Waals surface area (Å²) in [6.07, 6.45) is 5.93. The number of ether oxygens (including phenoxy) is 1. The molecule has 2 bridgehead atoms. The third-order valence-electron chi connectivity index (χ3n) is 13.6. The van der Waals surface area contributed by atoms with E-state index < -0.39 is 23.7 Å². The number of esters is 1. The number of aliphatic hydroxyl groups is 3. The van der Waals surface area contributed by atoms with E-state index in [1.807, 2.05) is 0 Å². The molecule has 4 saturated carbocycles. The van der Waals surface area contributed by atoms with E-state index in [0.717, 1.165) is 25.7 Å². The summed E-state index contributed by atoms with van der Waals surface area (Å²) in [5, 5.41) is 34.2. The monoisotopic (exact) mass is 486 g/mol. The minimum Gasteiger partial charge on any atom is -0.461 e. The molecule has 6 rings (SSSR count). The number of carbonyl (C=O) groups is 1. The maximum Gasteiger partial charge on any atom is 0.315 e. The highest BCUT2D eigenvalue weighted by Crippen LogP contribution is 2.76. The third kappa shape index (κ3) is 2.55. The smallest absolute Gasteiger partial charge is 0.315 e. The van der Waals surface area contributed by atoms with Gasteiger partial charge in [-0.3, -0.25) is 4.79 Å². The fraction of sp³-hybridized carbons (Fsp3) is 0.900. The zero-order valence-corrected chi connectivity index (χ0v) is 22.7. The van der Waals surface area contributed by atoms with Crippen molar-refractivity contribution < 1.29 is 24.9 Å². The summed E-state index contributed by atoms with van der Waals surface area (Å²) in [5.74, 6) is 0.320. The van der Waals surface area contributed by atoms with Crippen molar-refractivity contribution >= 4 is 5.97 Å². The quantitative estimate of drug-likeness (QED) is 0.343. The van der Waals surface area contributed by atoms with Crippen molar-refractivity contribution in [1.82, 2.24) is 0 Å². The van der Waals surface area contributed by atoms with E-state index in [1.165, 1.54) is 5.57 Å². The second-order valence-electron chi connectivity index (χ2n) is 15.3. The fourth-order valence-electron chi connectivity index (χ4n) is 11.0. The SMILES string of the molecule is CC1(C)CC2C3=CCC4[C@@]5(C)[C@H](O)C[C@H](O)C(C)(C)[C@@H]5CC[C@@]4(C)[C@]3(C)C[C@@H](O)[C@@]23C[C@@H]1OC3=O. The Morgan fingerprint density at radius 1 is 0.886 bits per heavy atom. The Morgan fingerprint density at radius 2 is 1.57 bits per heavy atom. The Bertz CT molecular complexity index is 999. The van der Waals surface area contributed by atoms with Crippen molar-refractivity contribution in [3.05, 3.63) is 11.6 Å². The van der Waals surface area contributed by atoms with Crippen LogP contribution in [-0.2, 0) is 9.53 Å². The number of allylic oxidation sites excluding steroid dienone is 2. The molecule has 196 valence electrons. The third-order valence-corrected chi connectivity index (χ3v) is 13.6. The number of fused-ring (bicyclic) bond motifs is 7. The van der Waals surface area contributed by atoms with Crippen molar-refractivity contribution in [1.29, 1.82) is 0 Å². The van der Waals surface area contributed by atoms with Crippen LogP contribution >= 0.6 is 0 Å². The first kappa shape index (κ1) is 24.4. The highest BCUT2D eigenvalue weighted by atomic mass is 16.6. The van der Waals surface area contributed by atoms with Gasteiger partial charge in [0.05, 0.1) is 18.3 Å². The van der Waals surface area contributed by atoms with Crippen LogP contribution in [0.25, 0.3) is 0 Å². The molecular formula is C30H46O5. The zero-order chi connectivity index (χ0) is 25.6. The maximum absolute atomic E-state index is 13.4. The van der Waals surface area contributed by atoms with Crippen molar-refractivity contribution in [2.24, 2.45) is 50.2 Å². The van der Waals surface area contributed by atoms with Gasteiger partial charge in [-0.05, 0) is 66.1 Å². The molecule has 6 aliphatic rings. The molecule has 1 spiro atoms. The van der Waals surface area contributed by atoms with Gasteiger partial charge in [0.1, 0.15) is 11.5 Å². The molecule has 11 atom stereocenters. The van der Waals surface area contributed by atoms with E-state index in [0.29, 0.717) is 19.3 Å². The average Bonchev–Trinajstić information content (AvgIpc) is 3.06. The van der Waals surface area contributed by atoms with Gasteiger partial charge in [0.15, 0.2) is 0 Å². The first-order valence-electron chi connectivity index (χ1n) is 14.0. The van der Waals surface area contributed by atoms with Gasteiger partial charge in [-0.15, -0.1) is 0 Å². The normalized spacial score (nSPS) is 57.7. The Hall–Kier alpha value is -0.910. The molecule has 1 saturated heterocycles. The Kier molecular flexibility index (Phi) is 4.71. The summed E-state index contributed by atoms with van der Waals surface area (Å²) in [5.41, 5.74) is -0.430. The molecule has 5 heteroatoms. The largest absolute Gasteiger partial charge is 0.461 e.